The second-order valence-electron chi connectivity index (χ2n) is 7.24. The molecule has 32 heavy (non-hydrogen) atoms. The Morgan fingerprint density at radius 3 is 2.41 bits per heavy atom. The zero-order valence-corrected chi connectivity index (χ0v) is 17.8. The maximum absolute atomic E-state index is 12.0. The Kier molecular flexibility index (Phi) is 4.78. The molecule has 0 atom stereocenters. The second kappa shape index (κ2) is 7.77. The van der Waals surface area contributed by atoms with Gasteiger partial charge in [-0.05, 0) is 36.8 Å². The van der Waals surface area contributed by atoms with Crippen LogP contribution in [0, 0.1) is 6.92 Å². The molecule has 0 aliphatic carbocycles. The number of aromatic nitrogens is 6. The minimum Gasteiger partial charge on any atom is -0.497 e. The first-order valence-electron chi connectivity index (χ1n) is 10.0. The fourth-order valence-electron chi connectivity index (χ4n) is 3.76. The Balaban J connectivity index is 1.79. The molecule has 9 heteroatoms. The molecule has 3 heterocycles. The van der Waals surface area contributed by atoms with Crippen molar-refractivity contribution in [3.05, 3.63) is 66.0 Å². The van der Waals surface area contributed by atoms with Crippen LogP contribution in [0.3, 0.4) is 0 Å². The fourth-order valence-corrected chi connectivity index (χ4v) is 3.76. The van der Waals surface area contributed by atoms with Crippen LogP contribution in [0.2, 0.25) is 0 Å². The summed E-state index contributed by atoms with van der Waals surface area (Å²) in [5, 5.41) is 18.3. The molecule has 0 radical (unpaired) electrons. The minimum absolute atomic E-state index is 0.0153. The van der Waals surface area contributed by atoms with Crippen LogP contribution >= 0.6 is 0 Å². The van der Waals surface area contributed by atoms with Crippen LogP contribution in [0.5, 0.6) is 5.75 Å². The zero-order valence-electron chi connectivity index (χ0n) is 17.8. The molecule has 0 saturated heterocycles. The van der Waals surface area contributed by atoms with E-state index in [1.807, 2.05) is 61.5 Å². The summed E-state index contributed by atoms with van der Waals surface area (Å²) in [4.78, 5) is 12.0. The van der Waals surface area contributed by atoms with Crippen molar-refractivity contribution in [2.24, 2.45) is 0 Å². The lowest BCUT2D eigenvalue weighted by molar-refractivity contribution is -0.139. The summed E-state index contributed by atoms with van der Waals surface area (Å²) < 4.78 is 13.6. The minimum atomic E-state index is -0.401. The second-order valence-corrected chi connectivity index (χ2v) is 7.24. The summed E-state index contributed by atoms with van der Waals surface area (Å²) in [5.74, 6) is 0.369. The maximum atomic E-state index is 12.0. The predicted octanol–water partition coefficient (Wildman–Crippen LogP) is 3.16. The number of fused-ring (bicyclic) bond motifs is 3. The Morgan fingerprint density at radius 2 is 1.72 bits per heavy atom. The molecular formula is C23H20N6O3. The number of hydrogen-bond donors (Lipinski definition) is 0. The van der Waals surface area contributed by atoms with E-state index in [2.05, 4.69) is 15.3 Å². The molecule has 0 bridgehead atoms. The van der Waals surface area contributed by atoms with Crippen LogP contribution in [0.15, 0.2) is 54.6 Å². The van der Waals surface area contributed by atoms with Crippen LogP contribution in [0.4, 0.5) is 0 Å². The van der Waals surface area contributed by atoms with Gasteiger partial charge in [0.15, 0.2) is 16.8 Å². The molecule has 0 unspecified atom stereocenters. The van der Waals surface area contributed by atoms with Crippen molar-refractivity contribution < 1.29 is 14.3 Å². The number of para-hydroxylation sites is 1. The Bertz CT molecular complexity index is 1440. The van der Waals surface area contributed by atoms with Crippen molar-refractivity contribution in [3.63, 3.8) is 0 Å². The summed E-state index contributed by atoms with van der Waals surface area (Å²) in [5.41, 5.74) is 5.64. The molecule has 2 aromatic carbocycles. The number of esters is 1. The van der Waals surface area contributed by atoms with Gasteiger partial charge >= 0.3 is 5.97 Å². The van der Waals surface area contributed by atoms with Gasteiger partial charge in [-0.15, -0.1) is 10.2 Å². The third-order valence-corrected chi connectivity index (χ3v) is 5.31. The lowest BCUT2D eigenvalue weighted by atomic mass is 10.1. The van der Waals surface area contributed by atoms with Gasteiger partial charge in [0, 0.05) is 0 Å². The van der Waals surface area contributed by atoms with E-state index in [0.29, 0.717) is 22.5 Å². The van der Waals surface area contributed by atoms with Gasteiger partial charge in [0.05, 0.1) is 37.6 Å². The van der Waals surface area contributed by atoms with Crippen LogP contribution in [-0.4, -0.2) is 49.8 Å². The van der Waals surface area contributed by atoms with Gasteiger partial charge in [-0.2, -0.15) is 14.7 Å². The standard InChI is InChI=1S/C23H20N6O3/c1-14-20(15-9-11-17(31-2)12-10-15)22-25-24-21-18(13-19(30)32-3)27-28(23(21)29(22)26-14)16-7-5-4-6-8-16/h4-12H,13H2,1-3H3. The summed E-state index contributed by atoms with van der Waals surface area (Å²) >= 11 is 0. The van der Waals surface area contributed by atoms with Crippen LogP contribution in [-0.2, 0) is 16.0 Å². The largest absolute Gasteiger partial charge is 0.497 e. The number of nitrogens with zero attached hydrogens (tertiary/aromatic N) is 6. The summed E-state index contributed by atoms with van der Waals surface area (Å²) in [6.07, 6.45) is -0.0153. The molecule has 3 aromatic heterocycles. The molecule has 0 spiro atoms. The van der Waals surface area contributed by atoms with Crippen molar-refractivity contribution in [3.8, 4) is 22.6 Å². The highest BCUT2D eigenvalue weighted by Gasteiger charge is 2.23. The van der Waals surface area contributed by atoms with Gasteiger partial charge in [-0.3, -0.25) is 4.79 Å². The Morgan fingerprint density at radius 1 is 0.969 bits per heavy atom. The predicted molar refractivity (Wildman–Crippen MR) is 118 cm³/mol. The van der Waals surface area contributed by atoms with E-state index in [4.69, 9.17) is 14.6 Å². The van der Waals surface area contributed by atoms with E-state index in [1.165, 1.54) is 7.11 Å². The van der Waals surface area contributed by atoms with Gasteiger partial charge in [0.1, 0.15) is 11.4 Å². The SMILES string of the molecule is COC(=O)Cc1nn(-c2ccccc2)c2c1nnc1c(-c3ccc(OC)cc3)c(C)nn12. The highest BCUT2D eigenvalue weighted by Crippen LogP contribution is 2.31. The third-order valence-electron chi connectivity index (χ3n) is 5.31. The molecule has 0 N–H and O–H groups in total. The van der Waals surface area contributed by atoms with E-state index in [9.17, 15) is 4.79 Å². The van der Waals surface area contributed by atoms with Gasteiger partial charge in [-0.1, -0.05) is 30.3 Å². The molecule has 160 valence electrons. The molecule has 0 aliphatic rings. The Hall–Kier alpha value is -4.27. The van der Waals surface area contributed by atoms with Crippen LogP contribution in [0.25, 0.3) is 33.6 Å². The van der Waals surface area contributed by atoms with Crippen molar-refractivity contribution in [2.45, 2.75) is 13.3 Å². The monoisotopic (exact) mass is 428 g/mol. The molecule has 5 aromatic rings. The molecular weight excluding hydrogens is 408 g/mol. The Labute approximate surface area is 183 Å². The van der Waals surface area contributed by atoms with E-state index >= 15 is 0 Å². The van der Waals surface area contributed by atoms with Crippen molar-refractivity contribution in [1.82, 2.24) is 29.6 Å². The highest BCUT2D eigenvalue weighted by atomic mass is 16.5. The van der Waals surface area contributed by atoms with Crippen LogP contribution < -0.4 is 4.74 Å². The number of hydrogen-bond acceptors (Lipinski definition) is 7. The summed E-state index contributed by atoms with van der Waals surface area (Å²) in [6.45, 7) is 1.93. The molecule has 0 saturated carbocycles. The quantitative estimate of drug-likeness (QED) is 0.397. The van der Waals surface area contributed by atoms with E-state index in [-0.39, 0.29) is 6.42 Å². The fraction of sp³-hybridized carbons (Fsp3) is 0.174. The number of benzene rings is 2. The highest BCUT2D eigenvalue weighted by molar-refractivity contribution is 5.87. The molecule has 9 nitrogen and oxygen atoms in total. The molecule has 0 amide bonds. The molecule has 5 rings (SSSR count). The number of rotatable bonds is 5. The van der Waals surface area contributed by atoms with Gasteiger partial charge in [0.25, 0.3) is 0 Å². The molecule has 0 fully saturated rings. The molecule has 0 aliphatic heterocycles. The number of aryl methyl sites for hydroxylation is 1. The average molecular weight is 428 g/mol. The number of carbonyl (C=O) groups excluding carboxylic acids is 1. The van der Waals surface area contributed by atoms with Crippen molar-refractivity contribution in [2.75, 3.05) is 14.2 Å². The first-order chi connectivity index (χ1) is 15.6. The van der Waals surface area contributed by atoms with Gasteiger partial charge in [-0.25, -0.2) is 4.68 Å². The lowest BCUT2D eigenvalue weighted by Gasteiger charge is -2.04. The lowest BCUT2D eigenvalue weighted by Crippen LogP contribution is -2.06. The van der Waals surface area contributed by atoms with Crippen molar-refractivity contribution in [1.29, 1.82) is 0 Å². The smallest absolute Gasteiger partial charge is 0.311 e. The van der Waals surface area contributed by atoms with E-state index < -0.39 is 5.97 Å². The van der Waals surface area contributed by atoms with Crippen molar-refractivity contribution >= 4 is 22.8 Å². The van der Waals surface area contributed by atoms with E-state index in [0.717, 1.165) is 28.3 Å². The number of methoxy groups -OCH3 is 2. The zero-order chi connectivity index (χ0) is 22.2. The topological polar surface area (TPSA) is 96.4 Å². The average Bonchev–Trinajstić information content (AvgIpc) is 3.36. The normalized spacial score (nSPS) is 11.2. The number of ether oxygens (including phenoxy) is 2. The summed E-state index contributed by atoms with van der Waals surface area (Å²) in [7, 11) is 2.98. The first kappa shape index (κ1) is 19.7. The van der Waals surface area contributed by atoms with Gasteiger partial charge < -0.3 is 9.47 Å². The number of carbonyl (C=O) groups is 1. The third kappa shape index (κ3) is 3.15. The van der Waals surface area contributed by atoms with Crippen LogP contribution in [0.1, 0.15) is 11.4 Å². The van der Waals surface area contributed by atoms with Gasteiger partial charge in [0.2, 0.25) is 0 Å². The maximum Gasteiger partial charge on any atom is 0.311 e. The summed E-state index contributed by atoms with van der Waals surface area (Å²) in [6, 6.07) is 17.4. The first-order valence-corrected chi connectivity index (χ1v) is 10.0. The van der Waals surface area contributed by atoms with E-state index in [1.54, 1.807) is 16.3 Å².